The summed E-state index contributed by atoms with van der Waals surface area (Å²) in [6.45, 7) is 1.24. The van der Waals surface area contributed by atoms with Crippen molar-refractivity contribution in [3.63, 3.8) is 0 Å². The first kappa shape index (κ1) is 11.7. The summed E-state index contributed by atoms with van der Waals surface area (Å²) in [5, 5.41) is 9.65. The van der Waals surface area contributed by atoms with Crippen molar-refractivity contribution in [2.75, 3.05) is 13.1 Å². The number of aromatic hydroxyl groups is 1. The molecule has 0 aliphatic carbocycles. The molecule has 1 aromatic rings. The summed E-state index contributed by atoms with van der Waals surface area (Å²) in [6, 6.07) is 5.07. The number of likely N-dealkylation sites (tertiary alicyclic amines) is 1. The standard InChI is InChI=1S/C11H13IN2O2/c12-7-1-2-10(15)9(5-7)11(16)14-4-3-8(13)6-14/h1-2,5,8,15H,3-4,6,13H2. The number of hydrogen-bond donors (Lipinski definition) is 2. The van der Waals surface area contributed by atoms with E-state index in [0.717, 1.165) is 9.99 Å². The Morgan fingerprint density at radius 2 is 2.31 bits per heavy atom. The number of rotatable bonds is 1. The van der Waals surface area contributed by atoms with Crippen molar-refractivity contribution in [2.24, 2.45) is 5.73 Å². The van der Waals surface area contributed by atoms with Gasteiger partial charge in [0.25, 0.3) is 5.91 Å². The molecule has 4 nitrogen and oxygen atoms in total. The lowest BCUT2D eigenvalue weighted by Gasteiger charge is -2.16. The molecular formula is C11H13IN2O2. The van der Waals surface area contributed by atoms with Gasteiger partial charge in [0, 0.05) is 22.7 Å². The number of benzene rings is 1. The van der Waals surface area contributed by atoms with E-state index in [4.69, 9.17) is 5.73 Å². The molecule has 0 aromatic heterocycles. The van der Waals surface area contributed by atoms with E-state index < -0.39 is 0 Å². The van der Waals surface area contributed by atoms with Gasteiger partial charge in [-0.25, -0.2) is 0 Å². The summed E-state index contributed by atoms with van der Waals surface area (Å²) in [6.07, 6.45) is 0.830. The average molecular weight is 332 g/mol. The van der Waals surface area contributed by atoms with Crippen LogP contribution in [0.4, 0.5) is 0 Å². The minimum Gasteiger partial charge on any atom is -0.507 e. The summed E-state index contributed by atoms with van der Waals surface area (Å²) >= 11 is 2.12. The van der Waals surface area contributed by atoms with E-state index in [2.05, 4.69) is 22.6 Å². The van der Waals surface area contributed by atoms with Gasteiger partial charge in [0.15, 0.2) is 0 Å². The van der Waals surface area contributed by atoms with Crippen molar-refractivity contribution in [1.82, 2.24) is 4.90 Å². The van der Waals surface area contributed by atoms with Crippen LogP contribution in [0.2, 0.25) is 0 Å². The minimum absolute atomic E-state index is 0.0332. The number of carbonyl (C=O) groups is 1. The molecule has 0 spiro atoms. The Morgan fingerprint density at radius 3 is 2.94 bits per heavy atom. The zero-order valence-electron chi connectivity index (χ0n) is 8.69. The lowest BCUT2D eigenvalue weighted by atomic mass is 10.2. The summed E-state index contributed by atoms with van der Waals surface area (Å²) in [4.78, 5) is 13.8. The molecule has 3 N–H and O–H groups in total. The first-order chi connectivity index (χ1) is 7.58. The largest absolute Gasteiger partial charge is 0.507 e. The number of amides is 1. The van der Waals surface area contributed by atoms with Gasteiger partial charge in [-0.05, 0) is 47.2 Å². The average Bonchev–Trinajstić information content (AvgIpc) is 2.67. The number of hydrogen-bond acceptors (Lipinski definition) is 3. The van der Waals surface area contributed by atoms with E-state index in [-0.39, 0.29) is 17.7 Å². The first-order valence-electron chi connectivity index (χ1n) is 5.11. The molecule has 2 rings (SSSR count). The number of phenolic OH excluding ortho intramolecular Hbond substituents is 1. The molecule has 1 atom stereocenters. The molecule has 1 saturated heterocycles. The summed E-state index contributed by atoms with van der Waals surface area (Å²) in [5.74, 6) is -0.102. The molecule has 0 bridgehead atoms. The van der Waals surface area contributed by atoms with E-state index in [1.807, 2.05) is 0 Å². The maximum atomic E-state index is 12.1. The maximum absolute atomic E-state index is 12.1. The van der Waals surface area contributed by atoms with Crippen LogP contribution < -0.4 is 5.73 Å². The maximum Gasteiger partial charge on any atom is 0.257 e. The van der Waals surface area contributed by atoms with Crippen LogP contribution in [0.15, 0.2) is 18.2 Å². The first-order valence-corrected chi connectivity index (χ1v) is 6.19. The molecule has 1 heterocycles. The summed E-state index contributed by atoms with van der Waals surface area (Å²) in [5.41, 5.74) is 6.11. The van der Waals surface area contributed by atoms with Crippen molar-refractivity contribution in [3.8, 4) is 5.75 Å². The lowest BCUT2D eigenvalue weighted by molar-refractivity contribution is 0.0788. The van der Waals surface area contributed by atoms with Crippen molar-refractivity contribution in [3.05, 3.63) is 27.3 Å². The third-order valence-electron chi connectivity index (χ3n) is 2.70. The molecule has 1 aromatic carbocycles. The van der Waals surface area contributed by atoms with Crippen LogP contribution in [0.3, 0.4) is 0 Å². The Morgan fingerprint density at radius 1 is 1.56 bits per heavy atom. The quantitative estimate of drug-likeness (QED) is 0.759. The highest BCUT2D eigenvalue weighted by atomic mass is 127. The third-order valence-corrected chi connectivity index (χ3v) is 3.37. The summed E-state index contributed by atoms with van der Waals surface area (Å²) in [7, 11) is 0. The minimum atomic E-state index is -0.135. The Kier molecular flexibility index (Phi) is 3.34. The lowest BCUT2D eigenvalue weighted by Crippen LogP contribution is -2.31. The van der Waals surface area contributed by atoms with Crippen molar-refractivity contribution < 1.29 is 9.90 Å². The highest BCUT2D eigenvalue weighted by Crippen LogP contribution is 2.22. The van der Waals surface area contributed by atoms with Crippen LogP contribution in [0.1, 0.15) is 16.8 Å². The highest BCUT2D eigenvalue weighted by Gasteiger charge is 2.26. The molecule has 1 aliphatic rings. The van der Waals surface area contributed by atoms with Gasteiger partial charge in [-0.3, -0.25) is 4.79 Å². The number of carbonyl (C=O) groups excluding carboxylic acids is 1. The molecule has 1 unspecified atom stereocenters. The SMILES string of the molecule is NC1CCN(C(=O)c2cc(I)ccc2O)C1. The van der Waals surface area contributed by atoms with Crippen LogP contribution in [0.5, 0.6) is 5.75 Å². The van der Waals surface area contributed by atoms with Crippen LogP contribution in [0.25, 0.3) is 0 Å². The number of nitrogens with zero attached hydrogens (tertiary/aromatic N) is 1. The molecule has 1 fully saturated rings. The predicted molar refractivity (Wildman–Crippen MR) is 69.3 cm³/mol. The van der Waals surface area contributed by atoms with Crippen LogP contribution >= 0.6 is 22.6 Å². The molecule has 0 radical (unpaired) electrons. The van der Waals surface area contributed by atoms with E-state index in [1.54, 1.807) is 23.1 Å². The van der Waals surface area contributed by atoms with E-state index >= 15 is 0 Å². The Hall–Kier alpha value is -0.820. The number of phenols is 1. The van der Waals surface area contributed by atoms with Gasteiger partial charge in [-0.15, -0.1) is 0 Å². The predicted octanol–water partition coefficient (Wildman–Crippen LogP) is 1.17. The Labute approximate surface area is 108 Å². The van der Waals surface area contributed by atoms with Crippen LogP contribution in [-0.4, -0.2) is 35.0 Å². The second-order valence-corrected chi connectivity index (χ2v) is 5.21. The highest BCUT2D eigenvalue weighted by molar-refractivity contribution is 14.1. The van der Waals surface area contributed by atoms with Gasteiger partial charge in [0.1, 0.15) is 5.75 Å². The fourth-order valence-electron chi connectivity index (χ4n) is 1.82. The van der Waals surface area contributed by atoms with E-state index in [1.165, 1.54) is 0 Å². The van der Waals surface area contributed by atoms with Crippen LogP contribution in [-0.2, 0) is 0 Å². The van der Waals surface area contributed by atoms with Gasteiger partial charge >= 0.3 is 0 Å². The number of nitrogens with two attached hydrogens (primary N) is 1. The second-order valence-electron chi connectivity index (χ2n) is 3.96. The van der Waals surface area contributed by atoms with E-state index in [9.17, 15) is 9.90 Å². The van der Waals surface area contributed by atoms with Gasteiger partial charge < -0.3 is 15.7 Å². The van der Waals surface area contributed by atoms with E-state index in [0.29, 0.717) is 18.7 Å². The fraction of sp³-hybridized carbons (Fsp3) is 0.364. The molecule has 0 saturated carbocycles. The Bertz CT molecular complexity index is 422. The van der Waals surface area contributed by atoms with Gasteiger partial charge in [-0.1, -0.05) is 0 Å². The molecule has 1 amide bonds. The number of halogens is 1. The van der Waals surface area contributed by atoms with Crippen LogP contribution in [0, 0.1) is 3.57 Å². The topological polar surface area (TPSA) is 66.6 Å². The van der Waals surface area contributed by atoms with Gasteiger partial charge in [0.2, 0.25) is 0 Å². The summed E-state index contributed by atoms with van der Waals surface area (Å²) < 4.78 is 0.933. The molecule has 86 valence electrons. The molecular weight excluding hydrogens is 319 g/mol. The van der Waals surface area contributed by atoms with Gasteiger partial charge in [-0.2, -0.15) is 0 Å². The smallest absolute Gasteiger partial charge is 0.257 e. The Balaban J connectivity index is 2.23. The monoisotopic (exact) mass is 332 g/mol. The fourth-order valence-corrected chi connectivity index (χ4v) is 2.31. The zero-order chi connectivity index (χ0) is 11.7. The molecule has 16 heavy (non-hydrogen) atoms. The van der Waals surface area contributed by atoms with Crippen molar-refractivity contribution >= 4 is 28.5 Å². The third kappa shape index (κ3) is 2.30. The normalized spacial score (nSPS) is 20.1. The molecule has 5 heteroatoms. The van der Waals surface area contributed by atoms with Crippen molar-refractivity contribution in [2.45, 2.75) is 12.5 Å². The zero-order valence-corrected chi connectivity index (χ0v) is 10.8. The van der Waals surface area contributed by atoms with Gasteiger partial charge in [0.05, 0.1) is 5.56 Å². The van der Waals surface area contributed by atoms with Crippen molar-refractivity contribution in [1.29, 1.82) is 0 Å². The molecule has 1 aliphatic heterocycles. The second kappa shape index (κ2) is 4.58.